The Morgan fingerprint density at radius 2 is 2.04 bits per heavy atom. The number of nitrogens with zero attached hydrogens (tertiary/aromatic N) is 3. The van der Waals surface area contributed by atoms with Crippen LogP contribution >= 0.6 is 12.2 Å². The van der Waals surface area contributed by atoms with Crippen LogP contribution in [0.1, 0.15) is 18.9 Å². The third kappa shape index (κ3) is 6.73. The third-order valence-corrected chi connectivity index (χ3v) is 4.10. The van der Waals surface area contributed by atoms with Crippen LogP contribution in [0.15, 0.2) is 29.4 Å². The number of nitro groups is 1. The molecule has 2 rings (SSSR count). The van der Waals surface area contributed by atoms with Crippen LogP contribution < -0.4 is 10.7 Å². The van der Waals surface area contributed by atoms with Gasteiger partial charge in [-0.1, -0.05) is 0 Å². The second kappa shape index (κ2) is 10.0. The summed E-state index contributed by atoms with van der Waals surface area (Å²) in [6, 6.07) is 6.24. The summed E-state index contributed by atoms with van der Waals surface area (Å²) in [4.78, 5) is 12.6. The molecule has 0 atom stereocenters. The molecule has 1 fully saturated rings. The van der Waals surface area contributed by atoms with Gasteiger partial charge in [0.15, 0.2) is 5.11 Å². The Balaban J connectivity index is 1.68. The minimum Gasteiger partial charge on any atom is -0.379 e. The number of nitrogens with one attached hydrogen (secondary N) is 2. The zero-order valence-electron chi connectivity index (χ0n) is 14.2. The number of morpholine rings is 1. The highest BCUT2D eigenvalue weighted by atomic mass is 32.1. The number of non-ortho nitro benzene ring substituents is 1. The lowest BCUT2D eigenvalue weighted by molar-refractivity contribution is -0.384. The molecule has 0 aliphatic carbocycles. The Morgan fingerprint density at radius 1 is 1.36 bits per heavy atom. The Hall–Kier alpha value is -2.10. The van der Waals surface area contributed by atoms with Crippen LogP contribution in [0.4, 0.5) is 5.69 Å². The molecule has 0 spiro atoms. The van der Waals surface area contributed by atoms with Crippen molar-refractivity contribution in [1.29, 1.82) is 0 Å². The summed E-state index contributed by atoms with van der Waals surface area (Å²) in [5.41, 5.74) is 4.36. The Labute approximate surface area is 152 Å². The van der Waals surface area contributed by atoms with Gasteiger partial charge in [-0.25, -0.2) is 0 Å². The van der Waals surface area contributed by atoms with Crippen molar-refractivity contribution in [2.45, 2.75) is 13.3 Å². The highest BCUT2D eigenvalue weighted by Gasteiger charge is 2.09. The number of nitro benzene ring substituents is 1. The molecular formula is C16H23N5O3S. The number of hydrogen-bond donors (Lipinski definition) is 2. The topological polar surface area (TPSA) is 92.0 Å². The number of hydrogen-bond acceptors (Lipinski definition) is 6. The highest BCUT2D eigenvalue weighted by Crippen LogP contribution is 2.12. The van der Waals surface area contributed by atoms with E-state index in [0.717, 1.165) is 51.4 Å². The molecule has 0 unspecified atom stereocenters. The van der Waals surface area contributed by atoms with Gasteiger partial charge in [-0.05, 0) is 49.8 Å². The number of hydrazone groups is 1. The van der Waals surface area contributed by atoms with Crippen molar-refractivity contribution in [3.8, 4) is 0 Å². The molecule has 1 aliphatic rings. The lowest BCUT2D eigenvalue weighted by Crippen LogP contribution is -2.39. The number of rotatable bonds is 7. The van der Waals surface area contributed by atoms with Crippen LogP contribution in [0.2, 0.25) is 0 Å². The molecule has 0 amide bonds. The summed E-state index contributed by atoms with van der Waals surface area (Å²) in [7, 11) is 0. The smallest absolute Gasteiger partial charge is 0.269 e. The van der Waals surface area contributed by atoms with Gasteiger partial charge in [0, 0.05) is 31.8 Å². The normalized spacial score (nSPS) is 15.6. The van der Waals surface area contributed by atoms with Crippen molar-refractivity contribution in [2.24, 2.45) is 5.10 Å². The van der Waals surface area contributed by atoms with E-state index in [1.54, 1.807) is 12.1 Å². The molecule has 1 aliphatic heterocycles. The fourth-order valence-electron chi connectivity index (χ4n) is 2.39. The maximum Gasteiger partial charge on any atom is 0.269 e. The molecule has 0 aromatic heterocycles. The minimum absolute atomic E-state index is 0.0574. The first-order valence-electron chi connectivity index (χ1n) is 8.19. The number of benzene rings is 1. The maximum atomic E-state index is 10.7. The van der Waals surface area contributed by atoms with Crippen molar-refractivity contribution in [3.05, 3.63) is 39.9 Å². The average molecular weight is 365 g/mol. The SMILES string of the molecule is C/C(=N/NC(=S)NCCCN1CCOCC1)c1ccc([N+](=O)[O-])cc1. The Bertz CT molecular complexity index is 615. The van der Waals surface area contributed by atoms with Crippen LogP contribution in [0.5, 0.6) is 0 Å². The minimum atomic E-state index is -0.426. The second-order valence-electron chi connectivity index (χ2n) is 5.68. The van der Waals surface area contributed by atoms with Crippen molar-refractivity contribution in [3.63, 3.8) is 0 Å². The number of ether oxygens (including phenoxy) is 1. The molecule has 25 heavy (non-hydrogen) atoms. The summed E-state index contributed by atoms with van der Waals surface area (Å²) in [6.07, 6.45) is 0.993. The van der Waals surface area contributed by atoms with E-state index in [1.807, 2.05) is 6.92 Å². The summed E-state index contributed by atoms with van der Waals surface area (Å²) in [6.45, 7) is 7.20. The predicted molar refractivity (Wildman–Crippen MR) is 101 cm³/mol. The first-order chi connectivity index (χ1) is 12.1. The van der Waals surface area contributed by atoms with Gasteiger partial charge in [-0.15, -0.1) is 0 Å². The van der Waals surface area contributed by atoms with Crippen molar-refractivity contribution < 1.29 is 9.66 Å². The van der Waals surface area contributed by atoms with E-state index in [-0.39, 0.29) is 5.69 Å². The van der Waals surface area contributed by atoms with Crippen LogP contribution in [0, 0.1) is 10.1 Å². The van der Waals surface area contributed by atoms with E-state index in [1.165, 1.54) is 12.1 Å². The molecule has 136 valence electrons. The van der Waals surface area contributed by atoms with Crippen molar-refractivity contribution in [2.75, 3.05) is 39.4 Å². The summed E-state index contributed by atoms with van der Waals surface area (Å²) in [5.74, 6) is 0. The molecule has 8 nitrogen and oxygen atoms in total. The fourth-order valence-corrected chi connectivity index (χ4v) is 2.54. The summed E-state index contributed by atoms with van der Waals surface area (Å²) < 4.78 is 5.32. The fraction of sp³-hybridized carbons (Fsp3) is 0.500. The molecule has 1 saturated heterocycles. The quantitative estimate of drug-likeness (QED) is 0.249. The zero-order valence-corrected chi connectivity index (χ0v) is 15.1. The molecule has 9 heteroatoms. The lowest BCUT2D eigenvalue weighted by atomic mass is 10.1. The van der Waals surface area contributed by atoms with E-state index in [9.17, 15) is 10.1 Å². The van der Waals surface area contributed by atoms with E-state index in [2.05, 4.69) is 20.7 Å². The highest BCUT2D eigenvalue weighted by molar-refractivity contribution is 7.80. The van der Waals surface area contributed by atoms with Crippen LogP contribution in [-0.4, -0.2) is 60.0 Å². The Kier molecular flexibility index (Phi) is 7.71. The maximum absolute atomic E-state index is 10.7. The van der Waals surface area contributed by atoms with Crippen LogP contribution in [0.25, 0.3) is 0 Å². The molecule has 1 aromatic rings. The van der Waals surface area contributed by atoms with Gasteiger partial charge in [0.05, 0.1) is 23.8 Å². The second-order valence-corrected chi connectivity index (χ2v) is 6.08. The molecule has 2 N–H and O–H groups in total. The average Bonchev–Trinajstić information content (AvgIpc) is 2.64. The lowest BCUT2D eigenvalue weighted by Gasteiger charge is -2.26. The van der Waals surface area contributed by atoms with E-state index in [0.29, 0.717) is 10.8 Å². The van der Waals surface area contributed by atoms with Gasteiger partial charge in [-0.3, -0.25) is 20.4 Å². The first-order valence-corrected chi connectivity index (χ1v) is 8.60. The van der Waals surface area contributed by atoms with Gasteiger partial charge in [0.25, 0.3) is 5.69 Å². The van der Waals surface area contributed by atoms with E-state index < -0.39 is 4.92 Å². The van der Waals surface area contributed by atoms with Crippen LogP contribution in [-0.2, 0) is 4.74 Å². The largest absolute Gasteiger partial charge is 0.379 e. The monoisotopic (exact) mass is 365 g/mol. The van der Waals surface area contributed by atoms with Crippen LogP contribution in [0.3, 0.4) is 0 Å². The molecule has 0 bridgehead atoms. The van der Waals surface area contributed by atoms with Crippen molar-refractivity contribution >= 4 is 28.7 Å². The molecule has 0 radical (unpaired) electrons. The van der Waals surface area contributed by atoms with Gasteiger partial charge < -0.3 is 10.1 Å². The molecular weight excluding hydrogens is 342 g/mol. The van der Waals surface area contributed by atoms with Gasteiger partial charge in [0.1, 0.15) is 0 Å². The predicted octanol–water partition coefficient (Wildman–Crippen LogP) is 1.51. The standard InChI is InChI=1S/C16H23N5O3S/c1-13(14-3-5-15(6-4-14)21(22)23)18-19-16(25)17-7-2-8-20-9-11-24-12-10-20/h3-6H,2,7-12H2,1H3,(H2,17,19,25)/b18-13-. The summed E-state index contributed by atoms with van der Waals surface area (Å²) >= 11 is 5.19. The zero-order chi connectivity index (χ0) is 18.1. The molecule has 0 saturated carbocycles. The Morgan fingerprint density at radius 3 is 2.68 bits per heavy atom. The van der Waals surface area contributed by atoms with Crippen molar-refractivity contribution in [1.82, 2.24) is 15.6 Å². The number of thiocarbonyl (C=S) groups is 1. The van der Waals surface area contributed by atoms with E-state index >= 15 is 0 Å². The third-order valence-electron chi connectivity index (χ3n) is 3.86. The molecule has 1 heterocycles. The first kappa shape index (κ1) is 19.2. The summed E-state index contributed by atoms with van der Waals surface area (Å²) in [5, 5.41) is 18.4. The van der Waals surface area contributed by atoms with E-state index in [4.69, 9.17) is 17.0 Å². The van der Waals surface area contributed by atoms with Gasteiger partial charge in [-0.2, -0.15) is 5.10 Å². The van der Waals surface area contributed by atoms with Gasteiger partial charge in [0.2, 0.25) is 0 Å². The molecule has 1 aromatic carbocycles. The van der Waals surface area contributed by atoms with Gasteiger partial charge >= 0.3 is 0 Å².